The Kier molecular flexibility index (Phi) is 9.42. The third kappa shape index (κ3) is 7.63. The van der Waals surface area contributed by atoms with Crippen LogP contribution in [0.5, 0.6) is 0 Å². The third-order valence-electron chi connectivity index (χ3n) is 5.22. The summed E-state index contributed by atoms with van der Waals surface area (Å²) in [4.78, 5) is 0. The molecule has 0 aliphatic rings. The van der Waals surface area contributed by atoms with Gasteiger partial charge in [0.05, 0.1) is 23.1 Å². The summed E-state index contributed by atoms with van der Waals surface area (Å²) in [5, 5.41) is 24.6. The van der Waals surface area contributed by atoms with Gasteiger partial charge < -0.3 is 10.6 Å². The fraction of sp³-hybridized carbons (Fsp3) is 0.143. The SMILES string of the molecule is Clc1cc(-c2ccc(N=NCCNc3ccccc3)c(Cl)c2)ccc1N=NCCNc1ccccc1. The van der Waals surface area contributed by atoms with Gasteiger partial charge in [-0.3, -0.25) is 0 Å². The average molecular weight is 517 g/mol. The second kappa shape index (κ2) is 13.4. The van der Waals surface area contributed by atoms with Gasteiger partial charge in [0.25, 0.3) is 0 Å². The molecule has 4 aromatic rings. The van der Waals surface area contributed by atoms with E-state index in [4.69, 9.17) is 23.2 Å². The van der Waals surface area contributed by atoms with E-state index in [1.807, 2.05) is 97.1 Å². The average Bonchev–Trinajstić information content (AvgIpc) is 2.91. The monoisotopic (exact) mass is 516 g/mol. The summed E-state index contributed by atoms with van der Waals surface area (Å²) in [6.45, 7) is 2.46. The summed E-state index contributed by atoms with van der Waals surface area (Å²) >= 11 is 12.9. The lowest BCUT2D eigenvalue weighted by Crippen LogP contribution is -2.03. The second-order valence-corrected chi connectivity index (χ2v) is 8.66. The number of rotatable bonds is 11. The normalized spacial score (nSPS) is 11.3. The van der Waals surface area contributed by atoms with Crippen molar-refractivity contribution < 1.29 is 0 Å². The molecule has 36 heavy (non-hydrogen) atoms. The van der Waals surface area contributed by atoms with Crippen molar-refractivity contribution in [1.29, 1.82) is 0 Å². The molecule has 182 valence electrons. The quantitative estimate of drug-likeness (QED) is 0.154. The minimum absolute atomic E-state index is 0.526. The molecule has 0 radical (unpaired) electrons. The van der Waals surface area contributed by atoms with Crippen LogP contribution in [0.4, 0.5) is 22.7 Å². The van der Waals surface area contributed by atoms with Gasteiger partial charge in [-0.05, 0) is 59.7 Å². The van der Waals surface area contributed by atoms with Crippen molar-refractivity contribution in [3.63, 3.8) is 0 Å². The molecule has 0 atom stereocenters. The maximum absolute atomic E-state index is 6.46. The van der Waals surface area contributed by atoms with Crippen LogP contribution in [-0.4, -0.2) is 26.2 Å². The topological polar surface area (TPSA) is 73.5 Å². The summed E-state index contributed by atoms with van der Waals surface area (Å²) in [7, 11) is 0. The van der Waals surface area contributed by atoms with E-state index in [-0.39, 0.29) is 0 Å². The molecule has 2 N–H and O–H groups in total. The molecule has 6 nitrogen and oxygen atoms in total. The molecule has 0 unspecified atom stereocenters. The Hall–Kier alpha value is -3.74. The number of nitrogens with zero attached hydrogens (tertiary/aromatic N) is 4. The van der Waals surface area contributed by atoms with E-state index in [1.54, 1.807) is 0 Å². The van der Waals surface area contributed by atoms with Gasteiger partial charge >= 0.3 is 0 Å². The van der Waals surface area contributed by atoms with Gasteiger partial charge in [0.15, 0.2) is 0 Å². The number of halogens is 2. The molecule has 8 heteroatoms. The highest BCUT2D eigenvalue weighted by atomic mass is 35.5. The van der Waals surface area contributed by atoms with Crippen LogP contribution in [0.25, 0.3) is 11.1 Å². The Labute approximate surface area is 221 Å². The molecule has 0 fully saturated rings. The first-order valence-electron chi connectivity index (χ1n) is 11.6. The molecule has 0 saturated carbocycles. The van der Waals surface area contributed by atoms with Gasteiger partial charge in [-0.2, -0.15) is 20.5 Å². The molecular weight excluding hydrogens is 491 g/mol. The van der Waals surface area contributed by atoms with E-state index in [9.17, 15) is 0 Å². The largest absolute Gasteiger partial charge is 0.383 e. The van der Waals surface area contributed by atoms with Gasteiger partial charge in [0, 0.05) is 24.5 Å². The van der Waals surface area contributed by atoms with Crippen LogP contribution >= 0.6 is 23.2 Å². The molecule has 0 saturated heterocycles. The number of hydrogen-bond acceptors (Lipinski definition) is 6. The fourth-order valence-electron chi connectivity index (χ4n) is 3.40. The molecule has 0 spiro atoms. The van der Waals surface area contributed by atoms with Crippen LogP contribution in [-0.2, 0) is 0 Å². The Morgan fingerprint density at radius 3 is 1.33 bits per heavy atom. The highest BCUT2D eigenvalue weighted by molar-refractivity contribution is 6.34. The Morgan fingerprint density at radius 2 is 0.944 bits per heavy atom. The zero-order chi connectivity index (χ0) is 25.0. The lowest BCUT2D eigenvalue weighted by Gasteiger charge is -2.06. The van der Waals surface area contributed by atoms with Crippen LogP contribution in [0.2, 0.25) is 10.0 Å². The van der Waals surface area contributed by atoms with Gasteiger partial charge in [0.2, 0.25) is 0 Å². The molecule has 0 aliphatic heterocycles. The number of anilines is 2. The van der Waals surface area contributed by atoms with Gasteiger partial charge in [-0.15, -0.1) is 0 Å². The van der Waals surface area contributed by atoms with Crippen LogP contribution in [0.15, 0.2) is 118 Å². The van der Waals surface area contributed by atoms with Crippen LogP contribution in [0.3, 0.4) is 0 Å². The minimum atomic E-state index is 0.526. The van der Waals surface area contributed by atoms with Crippen molar-refractivity contribution in [2.24, 2.45) is 20.5 Å². The summed E-state index contributed by atoms with van der Waals surface area (Å²) in [6.07, 6.45) is 0. The predicted octanol–water partition coefficient (Wildman–Crippen LogP) is 9.05. The Morgan fingerprint density at radius 1 is 0.528 bits per heavy atom. The highest BCUT2D eigenvalue weighted by Gasteiger charge is 2.07. The fourth-order valence-corrected chi connectivity index (χ4v) is 3.84. The summed E-state index contributed by atoms with van der Waals surface area (Å²) in [6, 6.07) is 31.3. The molecule has 0 aromatic heterocycles. The summed E-state index contributed by atoms with van der Waals surface area (Å²) in [5.74, 6) is 0. The van der Waals surface area contributed by atoms with Gasteiger partial charge in [-0.25, -0.2) is 0 Å². The van der Waals surface area contributed by atoms with Gasteiger partial charge in [0.1, 0.15) is 11.4 Å². The van der Waals surface area contributed by atoms with Crippen molar-refractivity contribution in [3.05, 3.63) is 107 Å². The Balaban J connectivity index is 1.29. The molecular formula is C28H26Cl2N6. The van der Waals surface area contributed by atoms with Crippen molar-refractivity contribution >= 4 is 46.0 Å². The predicted molar refractivity (Wildman–Crippen MR) is 151 cm³/mol. The zero-order valence-electron chi connectivity index (χ0n) is 19.6. The first-order valence-corrected chi connectivity index (χ1v) is 12.4. The van der Waals surface area contributed by atoms with Crippen molar-refractivity contribution in [3.8, 4) is 11.1 Å². The molecule has 4 aromatic carbocycles. The number of para-hydroxylation sites is 2. The number of azo groups is 2. The van der Waals surface area contributed by atoms with E-state index < -0.39 is 0 Å². The van der Waals surface area contributed by atoms with E-state index in [2.05, 4.69) is 31.1 Å². The van der Waals surface area contributed by atoms with Gasteiger partial charge in [-0.1, -0.05) is 71.7 Å². The lowest BCUT2D eigenvalue weighted by atomic mass is 10.1. The summed E-state index contributed by atoms with van der Waals surface area (Å²) in [5.41, 5.74) is 5.23. The molecule has 0 heterocycles. The number of benzene rings is 4. The zero-order valence-corrected chi connectivity index (χ0v) is 21.1. The molecule has 4 rings (SSSR count). The van der Waals surface area contributed by atoms with Crippen molar-refractivity contribution in [2.75, 3.05) is 36.8 Å². The minimum Gasteiger partial charge on any atom is -0.383 e. The van der Waals surface area contributed by atoms with E-state index in [0.717, 1.165) is 22.5 Å². The van der Waals surface area contributed by atoms with Crippen LogP contribution in [0, 0.1) is 0 Å². The van der Waals surface area contributed by atoms with E-state index in [1.165, 1.54) is 0 Å². The smallest absolute Gasteiger partial charge is 0.104 e. The standard InChI is InChI=1S/C28H26Cl2N6/c29-25-19-21(11-13-27(25)35-33-17-15-31-23-7-3-1-4-8-23)22-12-14-28(26(30)20-22)36-34-18-16-32-24-9-5-2-6-10-24/h1-14,19-20,31-32H,15-18H2. The maximum atomic E-state index is 6.46. The Bertz CT molecular complexity index is 1210. The van der Waals surface area contributed by atoms with Crippen LogP contribution < -0.4 is 10.6 Å². The summed E-state index contributed by atoms with van der Waals surface area (Å²) < 4.78 is 0. The first-order chi connectivity index (χ1) is 17.7. The van der Waals surface area contributed by atoms with E-state index >= 15 is 0 Å². The third-order valence-corrected chi connectivity index (χ3v) is 5.82. The second-order valence-electron chi connectivity index (χ2n) is 7.85. The van der Waals surface area contributed by atoms with Crippen molar-refractivity contribution in [1.82, 2.24) is 0 Å². The number of hydrogen-bond donors (Lipinski definition) is 2. The lowest BCUT2D eigenvalue weighted by molar-refractivity contribution is 0.944. The first kappa shape index (κ1) is 25.4. The maximum Gasteiger partial charge on any atom is 0.104 e. The molecule has 0 bridgehead atoms. The molecule has 0 amide bonds. The highest BCUT2D eigenvalue weighted by Crippen LogP contribution is 2.34. The van der Waals surface area contributed by atoms with Crippen LogP contribution in [0.1, 0.15) is 0 Å². The van der Waals surface area contributed by atoms with E-state index in [0.29, 0.717) is 47.6 Å². The number of nitrogens with one attached hydrogen (secondary N) is 2. The molecule has 0 aliphatic carbocycles. The van der Waals surface area contributed by atoms with Crippen molar-refractivity contribution in [2.45, 2.75) is 0 Å².